The van der Waals surface area contributed by atoms with Gasteiger partial charge >= 0.3 is 5.97 Å². The van der Waals surface area contributed by atoms with Crippen molar-refractivity contribution in [3.63, 3.8) is 0 Å². The van der Waals surface area contributed by atoms with Crippen molar-refractivity contribution in [3.05, 3.63) is 42.0 Å². The summed E-state index contributed by atoms with van der Waals surface area (Å²) >= 11 is 0. The number of halogens is 2. The Labute approximate surface area is 98.1 Å². The molecule has 0 saturated carbocycles. The van der Waals surface area contributed by atoms with E-state index >= 15 is 0 Å². The SMILES string of the molecule is C=C(CNc1ccc(F)cc1F)C(=O)OCC. The van der Waals surface area contributed by atoms with E-state index < -0.39 is 17.6 Å². The summed E-state index contributed by atoms with van der Waals surface area (Å²) < 4.78 is 30.5. The molecule has 17 heavy (non-hydrogen) atoms. The third-order valence-electron chi connectivity index (χ3n) is 1.99. The van der Waals surface area contributed by atoms with E-state index in [1.807, 2.05) is 0 Å². The molecule has 0 aliphatic rings. The van der Waals surface area contributed by atoms with Crippen LogP contribution < -0.4 is 5.32 Å². The van der Waals surface area contributed by atoms with E-state index in [1.54, 1.807) is 6.92 Å². The van der Waals surface area contributed by atoms with Crippen LogP contribution in [0.15, 0.2) is 30.4 Å². The maximum absolute atomic E-state index is 13.2. The summed E-state index contributed by atoms with van der Waals surface area (Å²) in [5, 5.41) is 2.64. The lowest BCUT2D eigenvalue weighted by Crippen LogP contribution is -2.15. The van der Waals surface area contributed by atoms with Gasteiger partial charge in [0.25, 0.3) is 0 Å². The number of hydrogen-bond donors (Lipinski definition) is 1. The number of anilines is 1. The van der Waals surface area contributed by atoms with Crippen molar-refractivity contribution in [2.75, 3.05) is 18.5 Å². The summed E-state index contributed by atoms with van der Waals surface area (Å²) in [5.41, 5.74) is 0.285. The molecule has 5 heteroatoms. The molecule has 0 atom stereocenters. The molecule has 0 saturated heterocycles. The van der Waals surface area contributed by atoms with Crippen molar-refractivity contribution >= 4 is 11.7 Å². The number of benzene rings is 1. The first-order chi connectivity index (χ1) is 8.04. The molecule has 0 amide bonds. The van der Waals surface area contributed by atoms with Gasteiger partial charge in [0.1, 0.15) is 11.6 Å². The first kappa shape index (κ1) is 13.2. The second-order valence-electron chi connectivity index (χ2n) is 3.30. The number of carbonyl (C=O) groups excluding carboxylic acids is 1. The Morgan fingerprint density at radius 3 is 2.76 bits per heavy atom. The van der Waals surface area contributed by atoms with Crippen LogP contribution in [0.1, 0.15) is 6.92 Å². The molecular formula is C12H13F2NO2. The Morgan fingerprint density at radius 2 is 2.18 bits per heavy atom. The number of ether oxygens (including phenoxy) is 1. The fourth-order valence-corrected chi connectivity index (χ4v) is 1.14. The number of carbonyl (C=O) groups is 1. The Bertz CT molecular complexity index is 433. The van der Waals surface area contributed by atoms with Gasteiger partial charge in [-0.25, -0.2) is 13.6 Å². The smallest absolute Gasteiger partial charge is 0.335 e. The highest BCUT2D eigenvalue weighted by atomic mass is 19.1. The predicted molar refractivity (Wildman–Crippen MR) is 60.6 cm³/mol. The number of esters is 1. The molecule has 1 N–H and O–H groups in total. The second-order valence-corrected chi connectivity index (χ2v) is 3.30. The number of hydrogen-bond acceptors (Lipinski definition) is 3. The van der Waals surface area contributed by atoms with Crippen LogP contribution >= 0.6 is 0 Å². The van der Waals surface area contributed by atoms with Crippen molar-refractivity contribution in [1.82, 2.24) is 0 Å². The van der Waals surface area contributed by atoms with Crippen LogP contribution in [-0.4, -0.2) is 19.1 Å². The fourth-order valence-electron chi connectivity index (χ4n) is 1.14. The first-order valence-electron chi connectivity index (χ1n) is 5.08. The summed E-state index contributed by atoms with van der Waals surface area (Å²) in [6.07, 6.45) is 0. The van der Waals surface area contributed by atoms with Gasteiger partial charge in [-0.2, -0.15) is 0 Å². The normalized spacial score (nSPS) is 9.82. The van der Waals surface area contributed by atoms with Crippen LogP contribution in [0.3, 0.4) is 0 Å². The molecule has 0 fully saturated rings. The van der Waals surface area contributed by atoms with Crippen molar-refractivity contribution in [1.29, 1.82) is 0 Å². The quantitative estimate of drug-likeness (QED) is 0.635. The Balaban J connectivity index is 2.56. The van der Waals surface area contributed by atoms with E-state index in [4.69, 9.17) is 4.74 Å². The van der Waals surface area contributed by atoms with E-state index in [-0.39, 0.29) is 24.4 Å². The highest BCUT2D eigenvalue weighted by molar-refractivity contribution is 5.88. The topological polar surface area (TPSA) is 38.3 Å². The number of nitrogens with one attached hydrogen (secondary N) is 1. The molecule has 0 radical (unpaired) electrons. The van der Waals surface area contributed by atoms with Gasteiger partial charge in [-0.1, -0.05) is 6.58 Å². The molecule has 1 rings (SSSR count). The van der Waals surface area contributed by atoms with Crippen molar-refractivity contribution in [3.8, 4) is 0 Å². The van der Waals surface area contributed by atoms with Gasteiger partial charge in [0.05, 0.1) is 12.3 Å². The lowest BCUT2D eigenvalue weighted by Gasteiger charge is -2.09. The molecule has 0 spiro atoms. The van der Waals surface area contributed by atoms with Crippen molar-refractivity contribution < 1.29 is 18.3 Å². The highest BCUT2D eigenvalue weighted by Crippen LogP contribution is 2.15. The zero-order valence-corrected chi connectivity index (χ0v) is 9.43. The molecule has 0 unspecified atom stereocenters. The Morgan fingerprint density at radius 1 is 1.47 bits per heavy atom. The van der Waals surface area contributed by atoms with Crippen LogP contribution in [0, 0.1) is 11.6 Å². The van der Waals surface area contributed by atoms with Crippen LogP contribution in [-0.2, 0) is 9.53 Å². The average molecular weight is 241 g/mol. The minimum absolute atomic E-state index is 0.0430. The third-order valence-corrected chi connectivity index (χ3v) is 1.99. The third kappa shape index (κ3) is 3.86. The van der Waals surface area contributed by atoms with E-state index in [0.717, 1.165) is 12.1 Å². The van der Waals surface area contributed by atoms with E-state index in [9.17, 15) is 13.6 Å². The van der Waals surface area contributed by atoms with E-state index in [2.05, 4.69) is 11.9 Å². The van der Waals surface area contributed by atoms with Crippen molar-refractivity contribution in [2.45, 2.75) is 6.92 Å². The predicted octanol–water partition coefficient (Wildman–Crippen LogP) is 2.50. The van der Waals surface area contributed by atoms with Gasteiger partial charge < -0.3 is 10.1 Å². The lowest BCUT2D eigenvalue weighted by molar-refractivity contribution is -0.138. The summed E-state index contributed by atoms with van der Waals surface area (Å²) in [7, 11) is 0. The summed E-state index contributed by atoms with van der Waals surface area (Å²) in [6, 6.07) is 3.14. The number of rotatable bonds is 5. The maximum atomic E-state index is 13.2. The molecule has 1 aromatic rings. The molecule has 0 aromatic heterocycles. The van der Waals surface area contributed by atoms with Gasteiger partial charge in [0, 0.05) is 18.2 Å². The lowest BCUT2D eigenvalue weighted by atomic mass is 10.2. The molecular weight excluding hydrogens is 228 g/mol. The maximum Gasteiger partial charge on any atom is 0.335 e. The van der Waals surface area contributed by atoms with Gasteiger partial charge in [-0.3, -0.25) is 0 Å². The molecule has 1 aromatic carbocycles. The van der Waals surface area contributed by atoms with Crippen LogP contribution in [0.25, 0.3) is 0 Å². The zero-order valence-electron chi connectivity index (χ0n) is 9.43. The molecule has 92 valence electrons. The minimum Gasteiger partial charge on any atom is -0.463 e. The summed E-state index contributed by atoms with van der Waals surface area (Å²) in [6.45, 7) is 5.48. The van der Waals surface area contributed by atoms with E-state index in [1.165, 1.54) is 6.07 Å². The van der Waals surface area contributed by atoms with Crippen molar-refractivity contribution in [2.24, 2.45) is 0 Å². The fraction of sp³-hybridized carbons (Fsp3) is 0.250. The largest absolute Gasteiger partial charge is 0.463 e. The van der Waals surface area contributed by atoms with E-state index in [0.29, 0.717) is 0 Å². The van der Waals surface area contributed by atoms with Gasteiger partial charge in [0.15, 0.2) is 0 Å². The van der Waals surface area contributed by atoms with Crippen LogP contribution in [0.5, 0.6) is 0 Å². The van der Waals surface area contributed by atoms with Gasteiger partial charge in [-0.15, -0.1) is 0 Å². The Kier molecular flexibility index (Phi) is 4.63. The standard InChI is InChI=1S/C12H13F2NO2/c1-3-17-12(16)8(2)7-15-11-5-4-9(13)6-10(11)14/h4-6,15H,2-3,7H2,1H3. The van der Waals surface area contributed by atoms with Gasteiger partial charge in [-0.05, 0) is 19.1 Å². The summed E-state index contributed by atoms with van der Waals surface area (Å²) in [4.78, 5) is 11.2. The molecule has 0 bridgehead atoms. The van der Waals surface area contributed by atoms with Crippen LogP contribution in [0.4, 0.5) is 14.5 Å². The summed E-state index contributed by atoms with van der Waals surface area (Å²) in [5.74, 6) is -1.92. The van der Waals surface area contributed by atoms with Gasteiger partial charge in [0.2, 0.25) is 0 Å². The minimum atomic E-state index is -0.721. The second kappa shape index (κ2) is 5.98. The zero-order chi connectivity index (χ0) is 12.8. The molecule has 0 aliphatic carbocycles. The monoisotopic (exact) mass is 241 g/mol. The Hall–Kier alpha value is -1.91. The molecule has 3 nitrogen and oxygen atoms in total. The molecule has 0 aliphatic heterocycles. The highest BCUT2D eigenvalue weighted by Gasteiger charge is 2.09. The average Bonchev–Trinajstić information content (AvgIpc) is 2.27. The molecule has 0 heterocycles. The van der Waals surface area contributed by atoms with Crippen LogP contribution in [0.2, 0.25) is 0 Å². The first-order valence-corrected chi connectivity index (χ1v) is 5.08.